The van der Waals surface area contributed by atoms with Crippen LogP contribution in [0.15, 0.2) is 17.0 Å². The number of nitrogens with one attached hydrogen (secondary N) is 2. The third kappa shape index (κ3) is 5.86. The number of urea groups is 1. The van der Waals surface area contributed by atoms with Crippen molar-refractivity contribution in [1.82, 2.24) is 10.0 Å². The summed E-state index contributed by atoms with van der Waals surface area (Å²) in [4.78, 5) is 32.9. The lowest BCUT2D eigenvalue weighted by Gasteiger charge is -2.17. The van der Waals surface area contributed by atoms with Gasteiger partial charge in [-0.1, -0.05) is 11.6 Å². The molecule has 0 aliphatic rings. The van der Waals surface area contributed by atoms with Crippen LogP contribution in [0.2, 0.25) is 5.02 Å². The van der Waals surface area contributed by atoms with E-state index in [0.717, 1.165) is 6.07 Å². The van der Waals surface area contributed by atoms with E-state index in [-0.39, 0.29) is 15.7 Å². The van der Waals surface area contributed by atoms with Gasteiger partial charge in [-0.05, 0) is 31.0 Å². The van der Waals surface area contributed by atoms with Gasteiger partial charge >= 0.3 is 12.0 Å². The van der Waals surface area contributed by atoms with E-state index in [1.54, 1.807) is 12.2 Å². The molecule has 1 rings (SSSR count). The molecule has 5 N–H and O–H groups in total. The molecule has 0 aliphatic heterocycles. The Morgan fingerprint density at radius 2 is 1.96 bits per heavy atom. The van der Waals surface area contributed by atoms with Crippen molar-refractivity contribution in [2.24, 2.45) is 5.73 Å². The number of methoxy groups -OCH3 is 1. The minimum Gasteiger partial charge on any atom is -0.495 e. The Bertz CT molecular complexity index is 826. The van der Waals surface area contributed by atoms with Crippen LogP contribution >= 0.6 is 11.6 Å². The second kappa shape index (κ2) is 8.83. The van der Waals surface area contributed by atoms with Crippen molar-refractivity contribution in [1.29, 1.82) is 0 Å². The first-order valence-electron chi connectivity index (χ1n) is 7.16. The zero-order valence-corrected chi connectivity index (χ0v) is 15.5. The molecule has 0 fully saturated rings. The number of benzene rings is 1. The number of carboxylic acid groups (broad SMARTS) is 1. The number of carbonyl (C=O) groups excluding carboxylic acids is 2. The van der Waals surface area contributed by atoms with E-state index in [1.807, 2.05) is 4.72 Å². The van der Waals surface area contributed by atoms with Gasteiger partial charge in [0.25, 0.3) is 0 Å². The lowest BCUT2D eigenvalue weighted by molar-refractivity contribution is -0.139. The SMILES string of the molecule is COc1cc(C)c(Cl)cc1S(=O)(=O)NC(CCC(=O)NC(N)=O)C(=O)O. The summed E-state index contributed by atoms with van der Waals surface area (Å²) in [6.07, 6.45) is -0.843. The van der Waals surface area contributed by atoms with E-state index < -0.39 is 46.8 Å². The monoisotopic (exact) mass is 407 g/mol. The molecule has 26 heavy (non-hydrogen) atoms. The van der Waals surface area contributed by atoms with Crippen LogP contribution in [0.4, 0.5) is 4.79 Å². The third-order valence-corrected chi connectivity index (χ3v) is 5.15. The van der Waals surface area contributed by atoms with E-state index in [1.165, 1.54) is 13.2 Å². The number of aryl methyl sites for hydroxylation is 1. The highest BCUT2D eigenvalue weighted by atomic mass is 35.5. The number of amides is 3. The molecule has 0 aromatic heterocycles. The highest BCUT2D eigenvalue weighted by Crippen LogP contribution is 2.30. The van der Waals surface area contributed by atoms with Crippen molar-refractivity contribution in [3.05, 3.63) is 22.7 Å². The Morgan fingerprint density at radius 1 is 1.35 bits per heavy atom. The number of hydrogen-bond donors (Lipinski definition) is 4. The maximum absolute atomic E-state index is 12.5. The van der Waals surface area contributed by atoms with E-state index in [9.17, 15) is 27.9 Å². The Balaban J connectivity index is 3.04. The summed E-state index contributed by atoms with van der Waals surface area (Å²) in [5, 5.41) is 11.1. The Morgan fingerprint density at radius 3 is 2.46 bits per heavy atom. The highest BCUT2D eigenvalue weighted by molar-refractivity contribution is 7.89. The van der Waals surface area contributed by atoms with E-state index in [2.05, 4.69) is 0 Å². The fourth-order valence-electron chi connectivity index (χ4n) is 1.97. The van der Waals surface area contributed by atoms with Crippen LogP contribution in [-0.2, 0) is 19.6 Å². The topological polar surface area (TPSA) is 165 Å². The van der Waals surface area contributed by atoms with Gasteiger partial charge in [0, 0.05) is 11.4 Å². The van der Waals surface area contributed by atoms with Crippen molar-refractivity contribution in [2.75, 3.05) is 7.11 Å². The molecule has 144 valence electrons. The van der Waals surface area contributed by atoms with Gasteiger partial charge in [0.1, 0.15) is 16.7 Å². The lowest BCUT2D eigenvalue weighted by Crippen LogP contribution is -2.42. The molecule has 10 nitrogen and oxygen atoms in total. The summed E-state index contributed by atoms with van der Waals surface area (Å²) in [6, 6.07) is -0.186. The number of imide groups is 1. The predicted octanol–water partition coefficient (Wildman–Crippen LogP) is 0.364. The summed E-state index contributed by atoms with van der Waals surface area (Å²) >= 11 is 5.94. The van der Waals surface area contributed by atoms with E-state index in [0.29, 0.717) is 5.56 Å². The highest BCUT2D eigenvalue weighted by Gasteiger charge is 2.29. The molecule has 0 spiro atoms. The second-order valence-corrected chi connectivity index (χ2v) is 7.31. The zero-order valence-electron chi connectivity index (χ0n) is 13.9. The molecular formula is C14H18ClN3O7S. The number of sulfonamides is 1. The average molecular weight is 408 g/mol. The Hall–Kier alpha value is -2.37. The number of ether oxygens (including phenoxy) is 1. The van der Waals surface area contributed by atoms with Crippen LogP contribution < -0.4 is 20.5 Å². The first kappa shape index (κ1) is 21.7. The van der Waals surface area contributed by atoms with Crippen LogP contribution in [0.1, 0.15) is 18.4 Å². The van der Waals surface area contributed by atoms with Gasteiger partial charge in [-0.2, -0.15) is 4.72 Å². The number of primary amides is 1. The molecule has 1 aromatic rings. The summed E-state index contributed by atoms with van der Waals surface area (Å²) in [5.74, 6) is -2.36. The summed E-state index contributed by atoms with van der Waals surface area (Å²) < 4.78 is 32.0. The van der Waals surface area contributed by atoms with Crippen molar-refractivity contribution >= 4 is 39.5 Å². The lowest BCUT2D eigenvalue weighted by atomic mass is 10.1. The number of carbonyl (C=O) groups is 3. The number of aliphatic carboxylic acids is 1. The molecule has 0 bridgehead atoms. The van der Waals surface area contributed by atoms with Gasteiger partial charge in [0.2, 0.25) is 15.9 Å². The maximum atomic E-state index is 12.5. The maximum Gasteiger partial charge on any atom is 0.321 e. The number of hydrogen-bond acceptors (Lipinski definition) is 6. The number of carboxylic acids is 1. The normalized spacial score (nSPS) is 12.3. The smallest absolute Gasteiger partial charge is 0.321 e. The van der Waals surface area contributed by atoms with E-state index in [4.69, 9.17) is 22.1 Å². The minimum atomic E-state index is -4.32. The van der Waals surface area contributed by atoms with Crippen LogP contribution in [-0.4, -0.2) is 44.6 Å². The van der Waals surface area contributed by atoms with Crippen LogP contribution in [0.3, 0.4) is 0 Å². The first-order chi connectivity index (χ1) is 12.0. The van der Waals surface area contributed by atoms with Gasteiger partial charge in [-0.25, -0.2) is 13.2 Å². The largest absolute Gasteiger partial charge is 0.495 e. The molecule has 0 heterocycles. The van der Waals surface area contributed by atoms with Crippen molar-refractivity contribution in [2.45, 2.75) is 30.7 Å². The molecule has 12 heteroatoms. The molecule has 0 aliphatic carbocycles. The molecule has 1 atom stereocenters. The second-order valence-electron chi connectivity index (χ2n) is 5.22. The number of nitrogens with two attached hydrogens (primary N) is 1. The quantitative estimate of drug-likeness (QED) is 0.483. The summed E-state index contributed by atoms with van der Waals surface area (Å²) in [7, 11) is -3.07. The van der Waals surface area contributed by atoms with Crippen molar-refractivity contribution in [3.8, 4) is 5.75 Å². The van der Waals surface area contributed by atoms with Gasteiger partial charge < -0.3 is 15.6 Å². The molecule has 0 saturated heterocycles. The van der Waals surface area contributed by atoms with Gasteiger partial charge in [-0.3, -0.25) is 14.9 Å². The minimum absolute atomic E-state index is 0.0185. The molecular weight excluding hydrogens is 390 g/mol. The predicted molar refractivity (Wildman–Crippen MR) is 91.4 cm³/mol. The van der Waals surface area contributed by atoms with Crippen molar-refractivity contribution in [3.63, 3.8) is 0 Å². The zero-order chi connectivity index (χ0) is 20.1. The number of halogens is 1. The molecule has 3 amide bonds. The van der Waals surface area contributed by atoms with Crippen LogP contribution in [0, 0.1) is 6.92 Å². The number of rotatable bonds is 8. The summed E-state index contributed by atoms with van der Waals surface area (Å²) in [6.45, 7) is 1.64. The average Bonchev–Trinajstić information content (AvgIpc) is 2.52. The Kier molecular flexibility index (Phi) is 7.36. The summed E-state index contributed by atoms with van der Waals surface area (Å²) in [5.41, 5.74) is 5.34. The van der Waals surface area contributed by atoms with Crippen LogP contribution in [0.25, 0.3) is 0 Å². The fourth-order valence-corrected chi connectivity index (χ4v) is 3.59. The van der Waals surface area contributed by atoms with Gasteiger partial charge in [-0.15, -0.1) is 0 Å². The van der Waals surface area contributed by atoms with Gasteiger partial charge in [0.15, 0.2) is 0 Å². The van der Waals surface area contributed by atoms with Crippen LogP contribution in [0.5, 0.6) is 5.75 Å². The molecule has 0 saturated carbocycles. The molecule has 1 aromatic carbocycles. The Labute approximate surface area is 154 Å². The first-order valence-corrected chi connectivity index (χ1v) is 9.02. The van der Waals surface area contributed by atoms with Crippen molar-refractivity contribution < 1.29 is 32.6 Å². The molecule has 1 unspecified atom stereocenters. The standard InChI is InChI=1S/C14H18ClN3O7S/c1-7-5-10(25-2)11(6-8(7)15)26(23,24)18-9(13(20)21)3-4-12(19)17-14(16)22/h5-6,9,18H,3-4H2,1-2H3,(H,20,21)(H3,16,17,19,22). The third-order valence-electron chi connectivity index (χ3n) is 3.25. The fraction of sp³-hybridized carbons (Fsp3) is 0.357. The van der Waals surface area contributed by atoms with E-state index >= 15 is 0 Å². The van der Waals surface area contributed by atoms with Gasteiger partial charge in [0.05, 0.1) is 7.11 Å². The molecule has 0 radical (unpaired) electrons.